The van der Waals surface area contributed by atoms with Crippen molar-refractivity contribution in [2.24, 2.45) is 10.9 Å². The summed E-state index contributed by atoms with van der Waals surface area (Å²) in [6, 6.07) is 4.90. The number of carbonyl (C=O) groups is 2. The van der Waals surface area contributed by atoms with Crippen LogP contribution in [-0.2, 0) is 25.3 Å². The standard InChI is InChI=1S/C15H21F3N2O2.C4H4O4/c1-21-10-3-2-4-14(20-22-11-9-19)12-5-7-13(8-6-12)15(16,17)18;5-3(6)1-2-4(7)8/h5-8H,2-4,9-11,19H2,1H3;1-2H,(H,5,6)(H,7,8)/b20-14+;2-1+. The third kappa shape index (κ3) is 13.3. The molecule has 0 atom stereocenters. The molecule has 11 heteroatoms. The van der Waals surface area contributed by atoms with Crippen LogP contribution >= 0.6 is 0 Å². The minimum absolute atomic E-state index is 0.266. The number of carboxylic acid groups (broad SMARTS) is 2. The highest BCUT2D eigenvalue weighted by atomic mass is 19.4. The Kier molecular flexibility index (Phi) is 13.5. The summed E-state index contributed by atoms with van der Waals surface area (Å²) in [6.45, 7) is 1.22. The van der Waals surface area contributed by atoms with E-state index in [1.165, 1.54) is 12.1 Å². The number of unbranched alkanes of at least 4 members (excludes halogenated alkanes) is 1. The molecule has 168 valence electrons. The summed E-state index contributed by atoms with van der Waals surface area (Å²) in [7, 11) is 1.62. The predicted molar refractivity (Wildman–Crippen MR) is 103 cm³/mol. The first-order valence-corrected chi connectivity index (χ1v) is 8.81. The molecule has 30 heavy (non-hydrogen) atoms. The molecule has 0 fully saturated rings. The number of alkyl halides is 3. The zero-order valence-corrected chi connectivity index (χ0v) is 16.4. The van der Waals surface area contributed by atoms with E-state index in [2.05, 4.69) is 5.16 Å². The second-order valence-corrected chi connectivity index (χ2v) is 5.69. The lowest BCUT2D eigenvalue weighted by molar-refractivity contribution is -0.137. The van der Waals surface area contributed by atoms with Crippen molar-refractivity contribution in [1.29, 1.82) is 0 Å². The number of aliphatic carboxylic acids is 2. The molecule has 8 nitrogen and oxygen atoms in total. The monoisotopic (exact) mass is 434 g/mol. The van der Waals surface area contributed by atoms with Crippen LogP contribution in [0, 0.1) is 0 Å². The molecule has 0 saturated carbocycles. The van der Waals surface area contributed by atoms with Gasteiger partial charge in [0.1, 0.15) is 6.61 Å². The van der Waals surface area contributed by atoms with Gasteiger partial charge in [-0.1, -0.05) is 17.3 Å². The van der Waals surface area contributed by atoms with Crippen LogP contribution in [0.5, 0.6) is 0 Å². The van der Waals surface area contributed by atoms with Gasteiger partial charge in [0, 0.05) is 32.4 Å². The van der Waals surface area contributed by atoms with Crippen LogP contribution in [0.1, 0.15) is 30.4 Å². The molecule has 4 N–H and O–H groups in total. The van der Waals surface area contributed by atoms with Crippen molar-refractivity contribution in [2.75, 3.05) is 26.9 Å². The minimum atomic E-state index is -4.34. The largest absolute Gasteiger partial charge is 0.478 e. The quantitative estimate of drug-likeness (QED) is 0.211. The molecule has 0 aliphatic carbocycles. The van der Waals surface area contributed by atoms with Crippen molar-refractivity contribution in [3.63, 3.8) is 0 Å². The molecule has 0 aliphatic heterocycles. The molecule has 0 aromatic heterocycles. The maximum atomic E-state index is 12.6. The van der Waals surface area contributed by atoms with Gasteiger partial charge in [0.05, 0.1) is 11.3 Å². The number of carboxylic acids is 2. The van der Waals surface area contributed by atoms with E-state index in [-0.39, 0.29) is 6.61 Å². The molecule has 1 aromatic rings. The van der Waals surface area contributed by atoms with Crippen LogP contribution in [0.4, 0.5) is 13.2 Å². The first kappa shape index (κ1) is 27.1. The van der Waals surface area contributed by atoms with Crippen molar-refractivity contribution in [2.45, 2.75) is 25.4 Å². The van der Waals surface area contributed by atoms with Crippen molar-refractivity contribution in [1.82, 2.24) is 0 Å². The first-order chi connectivity index (χ1) is 14.1. The van der Waals surface area contributed by atoms with Crippen molar-refractivity contribution >= 4 is 17.7 Å². The van der Waals surface area contributed by atoms with Gasteiger partial charge in [0.25, 0.3) is 0 Å². The molecule has 0 unspecified atom stereocenters. The number of hydrogen-bond acceptors (Lipinski definition) is 6. The summed E-state index contributed by atoms with van der Waals surface area (Å²) in [4.78, 5) is 24.2. The lowest BCUT2D eigenvalue weighted by Crippen LogP contribution is -2.09. The van der Waals surface area contributed by atoms with E-state index in [0.717, 1.165) is 25.0 Å². The van der Waals surface area contributed by atoms with Crippen LogP contribution in [0.2, 0.25) is 0 Å². The smallest absolute Gasteiger partial charge is 0.416 e. The van der Waals surface area contributed by atoms with Crippen LogP contribution in [0.15, 0.2) is 41.6 Å². The van der Waals surface area contributed by atoms with Gasteiger partial charge in [-0.05, 0) is 37.0 Å². The highest BCUT2D eigenvalue weighted by Crippen LogP contribution is 2.29. The van der Waals surface area contributed by atoms with Gasteiger partial charge in [0.2, 0.25) is 0 Å². The number of rotatable bonds is 11. The summed E-state index contributed by atoms with van der Waals surface area (Å²) in [5.41, 5.74) is 5.87. The molecule has 0 radical (unpaired) electrons. The first-order valence-electron chi connectivity index (χ1n) is 8.81. The SMILES string of the molecule is COCCCC/C(=N\OCCN)c1ccc(C(F)(F)F)cc1.O=C(O)/C=C/C(=O)O. The minimum Gasteiger partial charge on any atom is -0.478 e. The molecule has 0 aliphatic rings. The van der Waals surface area contributed by atoms with Crippen molar-refractivity contribution in [3.05, 3.63) is 47.5 Å². The van der Waals surface area contributed by atoms with Crippen LogP contribution in [0.3, 0.4) is 0 Å². The number of benzene rings is 1. The molecule has 0 spiro atoms. The number of methoxy groups -OCH3 is 1. The Bertz CT molecular complexity index is 687. The molecular formula is C19H25F3N2O6. The van der Waals surface area contributed by atoms with Gasteiger partial charge in [-0.3, -0.25) is 0 Å². The maximum Gasteiger partial charge on any atom is 0.416 e. The van der Waals surface area contributed by atoms with Gasteiger partial charge in [-0.2, -0.15) is 13.2 Å². The topological polar surface area (TPSA) is 131 Å². The zero-order valence-electron chi connectivity index (χ0n) is 16.4. The number of halogens is 3. The Labute approximate surface area is 171 Å². The average molecular weight is 434 g/mol. The van der Waals surface area contributed by atoms with E-state index in [4.69, 9.17) is 25.5 Å². The van der Waals surface area contributed by atoms with Gasteiger partial charge >= 0.3 is 18.1 Å². The van der Waals surface area contributed by atoms with Crippen LogP contribution < -0.4 is 5.73 Å². The summed E-state index contributed by atoms with van der Waals surface area (Å²) in [5, 5.41) is 19.6. The Morgan fingerprint density at radius 1 is 1.07 bits per heavy atom. The Balaban J connectivity index is 0.000000890. The second kappa shape index (κ2) is 15.0. The number of hydrogen-bond donors (Lipinski definition) is 3. The lowest BCUT2D eigenvalue weighted by atomic mass is 10.0. The van der Waals surface area contributed by atoms with E-state index < -0.39 is 23.7 Å². The van der Waals surface area contributed by atoms with Crippen molar-refractivity contribution < 1.29 is 42.5 Å². The summed E-state index contributed by atoms with van der Waals surface area (Å²) in [5.74, 6) is -2.51. The highest BCUT2D eigenvalue weighted by molar-refractivity contribution is 6.00. The molecule has 1 aromatic carbocycles. The Morgan fingerprint density at radius 2 is 1.63 bits per heavy atom. The number of nitrogens with two attached hydrogens (primary N) is 1. The van der Waals surface area contributed by atoms with E-state index in [0.29, 0.717) is 43.0 Å². The summed E-state index contributed by atoms with van der Waals surface area (Å²) >= 11 is 0. The van der Waals surface area contributed by atoms with Crippen molar-refractivity contribution in [3.8, 4) is 0 Å². The number of nitrogens with zero attached hydrogens (tertiary/aromatic N) is 1. The predicted octanol–water partition coefficient (Wildman–Crippen LogP) is 2.91. The molecule has 0 amide bonds. The summed E-state index contributed by atoms with van der Waals surface area (Å²) < 4.78 is 42.7. The third-order valence-corrected chi connectivity index (χ3v) is 3.31. The van der Waals surface area contributed by atoms with E-state index >= 15 is 0 Å². The zero-order chi connectivity index (χ0) is 23.0. The van der Waals surface area contributed by atoms with Gasteiger partial charge in [0.15, 0.2) is 0 Å². The highest BCUT2D eigenvalue weighted by Gasteiger charge is 2.30. The lowest BCUT2D eigenvalue weighted by Gasteiger charge is -2.10. The second-order valence-electron chi connectivity index (χ2n) is 5.69. The van der Waals surface area contributed by atoms with Gasteiger partial charge < -0.3 is 25.5 Å². The fourth-order valence-corrected chi connectivity index (χ4v) is 1.95. The fourth-order valence-electron chi connectivity index (χ4n) is 1.95. The van der Waals surface area contributed by atoms with Crippen LogP contribution in [0.25, 0.3) is 0 Å². The molecule has 0 saturated heterocycles. The average Bonchev–Trinajstić information content (AvgIpc) is 2.68. The molecule has 0 bridgehead atoms. The normalized spacial score (nSPS) is 11.7. The molecular weight excluding hydrogens is 409 g/mol. The van der Waals surface area contributed by atoms with E-state index in [1.807, 2.05) is 0 Å². The van der Waals surface area contributed by atoms with E-state index in [1.54, 1.807) is 7.11 Å². The van der Waals surface area contributed by atoms with Crippen LogP contribution in [-0.4, -0.2) is 54.7 Å². The number of oxime groups is 1. The fraction of sp³-hybridized carbons (Fsp3) is 0.421. The Morgan fingerprint density at radius 3 is 2.07 bits per heavy atom. The Hall–Kier alpha value is -2.92. The molecule has 1 rings (SSSR count). The number of ether oxygens (including phenoxy) is 1. The third-order valence-electron chi connectivity index (χ3n) is 3.31. The molecule has 0 heterocycles. The van der Waals surface area contributed by atoms with E-state index in [9.17, 15) is 22.8 Å². The summed E-state index contributed by atoms with van der Waals surface area (Å²) in [6.07, 6.45) is -0.985. The van der Waals surface area contributed by atoms with Gasteiger partial charge in [-0.15, -0.1) is 0 Å². The van der Waals surface area contributed by atoms with Gasteiger partial charge in [-0.25, -0.2) is 9.59 Å². The maximum absolute atomic E-state index is 12.6.